The zero-order valence-corrected chi connectivity index (χ0v) is 19.4. The minimum absolute atomic E-state index is 0.578. The smallest absolute Gasteiger partial charge is 0.109 e. The molecule has 0 aliphatic carbocycles. The molecule has 0 saturated heterocycles. The van der Waals surface area contributed by atoms with Crippen LogP contribution in [0.1, 0.15) is 18.7 Å². The van der Waals surface area contributed by atoms with Crippen molar-refractivity contribution in [1.82, 2.24) is 14.5 Å². The lowest BCUT2D eigenvalue weighted by molar-refractivity contribution is 0.704. The topological polar surface area (TPSA) is 48.9 Å². The first-order chi connectivity index (χ1) is 15.2. The lowest BCUT2D eigenvalue weighted by Crippen LogP contribution is -2.27. The van der Waals surface area contributed by atoms with Crippen molar-refractivity contribution in [3.63, 3.8) is 0 Å². The highest BCUT2D eigenvalue weighted by Gasteiger charge is 2.11. The van der Waals surface area contributed by atoms with E-state index in [1.165, 1.54) is 10.9 Å². The molecule has 0 saturated carbocycles. The van der Waals surface area contributed by atoms with Gasteiger partial charge in [-0.2, -0.15) is 0 Å². The highest BCUT2D eigenvalue weighted by molar-refractivity contribution is 6.18. The predicted molar refractivity (Wildman–Crippen MR) is 134 cm³/mol. The van der Waals surface area contributed by atoms with E-state index in [1.807, 2.05) is 0 Å². The molecule has 5 nitrogen and oxygen atoms in total. The Kier molecular flexibility index (Phi) is 7.25. The standard InChI is InChI=1S/C24H29Cl2N5/c1-30-22-10-9-19(31(14-11-25)15-12-26)17-21(22)29-24(30)8-4-5-13-27-23-16-18-6-2-3-7-20(18)28-23/h2-3,6-7,9-10,16-17,27-28H,4-5,8,11-15H2,1H3. The molecule has 7 heteroatoms. The number of hydrogen-bond donors (Lipinski definition) is 2. The van der Waals surface area contributed by atoms with E-state index in [9.17, 15) is 0 Å². The minimum Gasteiger partial charge on any atom is -0.372 e. The number of hydrogen-bond acceptors (Lipinski definition) is 3. The predicted octanol–water partition coefficient (Wildman–Crippen LogP) is 5.77. The van der Waals surface area contributed by atoms with Crippen LogP contribution in [-0.2, 0) is 13.5 Å². The van der Waals surface area contributed by atoms with Crippen LogP contribution in [0.25, 0.3) is 21.9 Å². The lowest BCUT2D eigenvalue weighted by Gasteiger charge is -2.22. The van der Waals surface area contributed by atoms with Crippen LogP contribution in [0.5, 0.6) is 0 Å². The van der Waals surface area contributed by atoms with Gasteiger partial charge in [0.2, 0.25) is 0 Å². The van der Waals surface area contributed by atoms with Crippen LogP contribution in [0.15, 0.2) is 48.5 Å². The molecule has 31 heavy (non-hydrogen) atoms. The maximum Gasteiger partial charge on any atom is 0.109 e. The van der Waals surface area contributed by atoms with Crippen molar-refractivity contribution in [2.24, 2.45) is 7.05 Å². The SMILES string of the molecule is Cn1c(CCCCNc2cc3ccccc3[nH]2)nc2cc(N(CCCl)CCCl)ccc21. The van der Waals surface area contributed by atoms with Gasteiger partial charge in [0, 0.05) is 61.5 Å². The number of imidazole rings is 1. The molecule has 0 radical (unpaired) electrons. The van der Waals surface area contributed by atoms with Crippen molar-refractivity contribution in [3.05, 3.63) is 54.4 Å². The van der Waals surface area contributed by atoms with E-state index >= 15 is 0 Å². The second-order valence-electron chi connectivity index (χ2n) is 7.78. The third-order valence-electron chi connectivity index (χ3n) is 5.70. The third-order valence-corrected chi connectivity index (χ3v) is 6.04. The highest BCUT2D eigenvalue weighted by atomic mass is 35.5. The molecule has 0 atom stereocenters. The van der Waals surface area contributed by atoms with Gasteiger partial charge in [0.25, 0.3) is 0 Å². The van der Waals surface area contributed by atoms with Gasteiger partial charge >= 0.3 is 0 Å². The number of fused-ring (bicyclic) bond motifs is 2. The number of para-hydroxylation sites is 1. The minimum atomic E-state index is 0.578. The van der Waals surface area contributed by atoms with E-state index in [1.54, 1.807) is 0 Å². The van der Waals surface area contributed by atoms with E-state index in [4.69, 9.17) is 28.2 Å². The number of rotatable bonds is 11. The first-order valence-corrected chi connectivity index (χ1v) is 11.9. The fourth-order valence-electron chi connectivity index (χ4n) is 4.03. The molecule has 2 N–H and O–H groups in total. The fourth-order valence-corrected chi connectivity index (χ4v) is 4.44. The Hall–Kier alpha value is -2.37. The van der Waals surface area contributed by atoms with Crippen molar-refractivity contribution < 1.29 is 0 Å². The van der Waals surface area contributed by atoms with Crippen molar-refractivity contribution in [2.45, 2.75) is 19.3 Å². The molecule has 0 aliphatic heterocycles. The van der Waals surface area contributed by atoms with Gasteiger partial charge < -0.3 is 19.8 Å². The Bertz CT molecular complexity index is 1090. The van der Waals surface area contributed by atoms with Crippen molar-refractivity contribution in [1.29, 1.82) is 0 Å². The summed E-state index contributed by atoms with van der Waals surface area (Å²) in [4.78, 5) is 10.5. The summed E-state index contributed by atoms with van der Waals surface area (Å²) in [6.07, 6.45) is 3.13. The normalized spacial score (nSPS) is 11.5. The van der Waals surface area contributed by atoms with Gasteiger partial charge in [-0.25, -0.2) is 4.98 Å². The first kappa shape index (κ1) is 21.8. The Morgan fingerprint density at radius 2 is 1.84 bits per heavy atom. The monoisotopic (exact) mass is 457 g/mol. The molecule has 164 valence electrons. The molecule has 0 unspecified atom stereocenters. The number of H-pyrrole nitrogens is 1. The maximum atomic E-state index is 5.96. The van der Waals surface area contributed by atoms with Crippen molar-refractivity contribution in [3.8, 4) is 0 Å². The summed E-state index contributed by atoms with van der Waals surface area (Å²) in [7, 11) is 2.10. The van der Waals surface area contributed by atoms with Crippen LogP contribution in [0.4, 0.5) is 11.5 Å². The van der Waals surface area contributed by atoms with E-state index < -0.39 is 0 Å². The molecule has 2 aromatic heterocycles. The number of anilines is 2. The molecular formula is C24H29Cl2N5. The molecule has 2 heterocycles. The number of halogens is 2. The van der Waals surface area contributed by atoms with Gasteiger partial charge in [-0.05, 0) is 43.2 Å². The summed E-state index contributed by atoms with van der Waals surface area (Å²) >= 11 is 11.9. The molecule has 2 aromatic carbocycles. The zero-order chi connectivity index (χ0) is 21.6. The first-order valence-electron chi connectivity index (χ1n) is 10.8. The number of unbranched alkanes of at least 4 members (excludes halogenated alkanes) is 1. The molecule has 0 aliphatic rings. The Balaban J connectivity index is 1.34. The van der Waals surface area contributed by atoms with E-state index in [-0.39, 0.29) is 0 Å². The average Bonchev–Trinajstić information content (AvgIpc) is 3.33. The molecule has 0 bridgehead atoms. The van der Waals surface area contributed by atoms with Crippen LogP contribution >= 0.6 is 23.2 Å². The van der Waals surface area contributed by atoms with Crippen LogP contribution in [0.3, 0.4) is 0 Å². The largest absolute Gasteiger partial charge is 0.372 e. The summed E-state index contributed by atoms with van der Waals surface area (Å²) < 4.78 is 2.21. The Morgan fingerprint density at radius 3 is 2.61 bits per heavy atom. The van der Waals surface area contributed by atoms with Gasteiger partial charge in [0.15, 0.2) is 0 Å². The van der Waals surface area contributed by atoms with Crippen LogP contribution < -0.4 is 10.2 Å². The molecular weight excluding hydrogens is 429 g/mol. The average molecular weight is 458 g/mol. The van der Waals surface area contributed by atoms with E-state index in [2.05, 4.69) is 75.3 Å². The third kappa shape index (κ3) is 5.10. The van der Waals surface area contributed by atoms with Crippen molar-refractivity contribution >= 4 is 56.6 Å². The van der Waals surface area contributed by atoms with Crippen molar-refractivity contribution in [2.75, 3.05) is 41.6 Å². The summed E-state index contributed by atoms with van der Waals surface area (Å²) in [6, 6.07) is 16.9. The fraction of sp³-hybridized carbons (Fsp3) is 0.375. The van der Waals surface area contributed by atoms with Gasteiger partial charge in [0.1, 0.15) is 11.6 Å². The molecule has 4 aromatic rings. The summed E-state index contributed by atoms with van der Waals surface area (Å²) in [5.74, 6) is 3.36. The molecule has 0 spiro atoms. The number of alkyl halides is 2. The maximum absolute atomic E-state index is 5.96. The number of aromatic amines is 1. The summed E-state index contributed by atoms with van der Waals surface area (Å²) in [5, 5.41) is 4.73. The highest BCUT2D eigenvalue weighted by Crippen LogP contribution is 2.23. The zero-order valence-electron chi connectivity index (χ0n) is 17.9. The number of nitrogens with zero attached hydrogens (tertiary/aromatic N) is 3. The van der Waals surface area contributed by atoms with Crippen LogP contribution in [-0.4, -0.2) is 45.9 Å². The molecule has 0 fully saturated rings. The summed E-state index contributed by atoms with van der Waals surface area (Å²) in [6.45, 7) is 2.50. The van der Waals surface area contributed by atoms with Gasteiger partial charge in [-0.15, -0.1) is 23.2 Å². The number of aryl methyl sites for hydroxylation is 2. The van der Waals surface area contributed by atoms with Gasteiger partial charge in [0.05, 0.1) is 11.0 Å². The number of benzene rings is 2. The van der Waals surface area contributed by atoms with E-state index in [0.717, 1.165) is 67.3 Å². The second-order valence-corrected chi connectivity index (χ2v) is 8.54. The van der Waals surface area contributed by atoms with Crippen LogP contribution in [0, 0.1) is 0 Å². The van der Waals surface area contributed by atoms with E-state index in [0.29, 0.717) is 11.8 Å². The summed E-state index contributed by atoms with van der Waals surface area (Å²) in [5.41, 5.74) is 4.48. The molecule has 0 amide bonds. The Labute approximate surface area is 193 Å². The lowest BCUT2D eigenvalue weighted by atomic mass is 10.2. The number of nitrogens with one attached hydrogen (secondary N) is 2. The second kappa shape index (κ2) is 10.3. The number of aromatic nitrogens is 3. The van der Waals surface area contributed by atoms with Crippen LogP contribution in [0.2, 0.25) is 0 Å². The quantitative estimate of drug-likeness (QED) is 0.222. The Morgan fingerprint density at radius 1 is 1.03 bits per heavy atom. The van der Waals surface area contributed by atoms with Gasteiger partial charge in [-0.1, -0.05) is 18.2 Å². The van der Waals surface area contributed by atoms with Gasteiger partial charge in [-0.3, -0.25) is 0 Å². The molecule has 4 rings (SSSR count).